The second kappa shape index (κ2) is 5.69. The summed E-state index contributed by atoms with van der Waals surface area (Å²) in [7, 11) is 1.67. The lowest BCUT2D eigenvalue weighted by Crippen LogP contribution is -2.44. The SMILES string of the molecule is CC=CCn1c(N2CCNCC2)nc2cnn(C)c(=O)c21. The summed E-state index contributed by atoms with van der Waals surface area (Å²) in [6.45, 7) is 6.28. The average molecular weight is 288 g/mol. The molecule has 0 bridgehead atoms. The number of aryl methyl sites for hydroxylation is 1. The Hall–Kier alpha value is -2.15. The van der Waals surface area contributed by atoms with Crippen LogP contribution in [0.25, 0.3) is 11.0 Å². The van der Waals surface area contributed by atoms with Crippen molar-refractivity contribution < 1.29 is 0 Å². The first-order chi connectivity index (χ1) is 10.2. The molecule has 0 atom stereocenters. The van der Waals surface area contributed by atoms with Crippen LogP contribution in [0.15, 0.2) is 23.1 Å². The molecule has 3 heterocycles. The average Bonchev–Trinajstić information content (AvgIpc) is 2.89. The van der Waals surface area contributed by atoms with E-state index < -0.39 is 0 Å². The van der Waals surface area contributed by atoms with Gasteiger partial charge in [0.25, 0.3) is 5.56 Å². The molecule has 0 aromatic carbocycles. The van der Waals surface area contributed by atoms with Crippen molar-refractivity contribution in [1.29, 1.82) is 0 Å². The van der Waals surface area contributed by atoms with Crippen LogP contribution < -0.4 is 15.8 Å². The molecule has 21 heavy (non-hydrogen) atoms. The van der Waals surface area contributed by atoms with Crippen molar-refractivity contribution in [2.45, 2.75) is 13.5 Å². The van der Waals surface area contributed by atoms with Gasteiger partial charge in [-0.15, -0.1) is 0 Å². The number of anilines is 1. The van der Waals surface area contributed by atoms with Gasteiger partial charge in [0.2, 0.25) is 5.95 Å². The number of fused-ring (bicyclic) bond motifs is 1. The topological polar surface area (TPSA) is 68.0 Å². The third-order valence-corrected chi connectivity index (χ3v) is 3.75. The van der Waals surface area contributed by atoms with Gasteiger partial charge in [0, 0.05) is 39.8 Å². The molecule has 0 saturated carbocycles. The van der Waals surface area contributed by atoms with Crippen molar-refractivity contribution in [2.75, 3.05) is 31.1 Å². The summed E-state index contributed by atoms with van der Waals surface area (Å²) < 4.78 is 3.35. The Morgan fingerprint density at radius 3 is 2.86 bits per heavy atom. The molecule has 0 radical (unpaired) electrons. The van der Waals surface area contributed by atoms with E-state index in [0.29, 0.717) is 17.6 Å². The van der Waals surface area contributed by atoms with Gasteiger partial charge in [0.15, 0.2) is 0 Å². The van der Waals surface area contributed by atoms with Crippen molar-refractivity contribution in [3.05, 3.63) is 28.7 Å². The Morgan fingerprint density at radius 1 is 1.38 bits per heavy atom. The van der Waals surface area contributed by atoms with Gasteiger partial charge in [0.05, 0.1) is 6.20 Å². The first kappa shape index (κ1) is 13.8. The predicted octanol–water partition coefficient (Wildman–Crippen LogP) is 0.116. The van der Waals surface area contributed by atoms with E-state index >= 15 is 0 Å². The summed E-state index contributed by atoms with van der Waals surface area (Å²) in [5, 5.41) is 7.40. The van der Waals surface area contributed by atoms with E-state index in [-0.39, 0.29) is 5.56 Å². The minimum absolute atomic E-state index is 0.106. The molecule has 1 aliphatic rings. The normalized spacial score (nSPS) is 16.2. The van der Waals surface area contributed by atoms with Crippen molar-refractivity contribution in [3.8, 4) is 0 Å². The number of imidazole rings is 1. The number of hydrogen-bond acceptors (Lipinski definition) is 5. The maximum absolute atomic E-state index is 12.4. The van der Waals surface area contributed by atoms with Crippen molar-refractivity contribution in [2.24, 2.45) is 7.05 Å². The van der Waals surface area contributed by atoms with Gasteiger partial charge < -0.3 is 14.8 Å². The Labute approximate surface area is 122 Å². The summed E-state index contributed by atoms with van der Waals surface area (Å²) in [5.41, 5.74) is 1.18. The molecule has 1 aliphatic heterocycles. The lowest BCUT2D eigenvalue weighted by atomic mass is 10.4. The molecular weight excluding hydrogens is 268 g/mol. The van der Waals surface area contributed by atoms with E-state index in [2.05, 4.69) is 20.3 Å². The summed E-state index contributed by atoms with van der Waals surface area (Å²) in [4.78, 5) is 19.3. The molecular formula is C14H20N6O. The van der Waals surface area contributed by atoms with E-state index in [1.165, 1.54) is 4.68 Å². The first-order valence-electron chi connectivity index (χ1n) is 7.21. The molecule has 7 nitrogen and oxygen atoms in total. The quantitative estimate of drug-likeness (QED) is 0.812. The number of piperazine rings is 1. The summed E-state index contributed by atoms with van der Waals surface area (Å²) in [6, 6.07) is 0. The monoisotopic (exact) mass is 288 g/mol. The van der Waals surface area contributed by atoms with Crippen LogP contribution in [0.3, 0.4) is 0 Å². The molecule has 2 aromatic heterocycles. The highest BCUT2D eigenvalue weighted by Crippen LogP contribution is 2.20. The second-order valence-electron chi connectivity index (χ2n) is 5.14. The Bertz CT molecular complexity index is 723. The summed E-state index contributed by atoms with van der Waals surface area (Å²) in [6.07, 6.45) is 5.68. The second-order valence-corrected chi connectivity index (χ2v) is 5.14. The third-order valence-electron chi connectivity index (χ3n) is 3.75. The van der Waals surface area contributed by atoms with Crippen molar-refractivity contribution in [1.82, 2.24) is 24.6 Å². The van der Waals surface area contributed by atoms with Crippen LogP contribution >= 0.6 is 0 Å². The summed E-state index contributed by atoms with van der Waals surface area (Å²) >= 11 is 0. The van der Waals surface area contributed by atoms with E-state index in [4.69, 9.17) is 0 Å². The Morgan fingerprint density at radius 2 is 2.14 bits per heavy atom. The van der Waals surface area contributed by atoms with Crippen LogP contribution in [0.5, 0.6) is 0 Å². The first-order valence-corrected chi connectivity index (χ1v) is 7.21. The molecule has 0 spiro atoms. The number of nitrogens with zero attached hydrogens (tertiary/aromatic N) is 5. The number of rotatable bonds is 3. The zero-order chi connectivity index (χ0) is 14.8. The molecule has 0 unspecified atom stereocenters. The third kappa shape index (κ3) is 2.44. The van der Waals surface area contributed by atoms with Gasteiger partial charge in [-0.1, -0.05) is 12.2 Å². The van der Waals surface area contributed by atoms with Crippen LogP contribution in [-0.2, 0) is 13.6 Å². The predicted molar refractivity (Wildman–Crippen MR) is 82.7 cm³/mol. The molecule has 1 fully saturated rings. The highest BCUT2D eigenvalue weighted by molar-refractivity contribution is 5.77. The van der Waals surface area contributed by atoms with Gasteiger partial charge in [-0.05, 0) is 6.92 Å². The van der Waals surface area contributed by atoms with Gasteiger partial charge in [-0.25, -0.2) is 9.67 Å². The molecule has 0 aliphatic carbocycles. The Balaban J connectivity index is 2.18. The van der Waals surface area contributed by atoms with Crippen LogP contribution in [0.1, 0.15) is 6.92 Å². The highest BCUT2D eigenvalue weighted by atomic mass is 16.1. The zero-order valence-corrected chi connectivity index (χ0v) is 12.4. The smallest absolute Gasteiger partial charge is 0.292 e. The maximum atomic E-state index is 12.4. The van der Waals surface area contributed by atoms with Gasteiger partial charge in [-0.2, -0.15) is 5.10 Å². The molecule has 7 heteroatoms. The summed E-state index contributed by atoms with van der Waals surface area (Å²) in [5.74, 6) is 0.856. The molecule has 112 valence electrons. The van der Waals surface area contributed by atoms with Gasteiger partial charge in [-0.3, -0.25) is 4.79 Å². The van der Waals surface area contributed by atoms with Crippen LogP contribution in [0, 0.1) is 0 Å². The molecule has 2 aromatic rings. The van der Waals surface area contributed by atoms with Gasteiger partial charge >= 0.3 is 0 Å². The minimum atomic E-state index is -0.106. The molecule has 0 amide bonds. The van der Waals surface area contributed by atoms with E-state index in [9.17, 15) is 4.79 Å². The number of hydrogen-bond donors (Lipinski definition) is 1. The fraction of sp³-hybridized carbons (Fsp3) is 0.500. The number of aromatic nitrogens is 4. The van der Waals surface area contributed by atoms with E-state index in [0.717, 1.165) is 32.1 Å². The fourth-order valence-corrected chi connectivity index (χ4v) is 2.61. The molecule has 1 saturated heterocycles. The molecule has 1 N–H and O–H groups in total. The largest absolute Gasteiger partial charge is 0.340 e. The maximum Gasteiger partial charge on any atom is 0.292 e. The number of allylic oxidation sites excluding steroid dienone is 2. The van der Waals surface area contributed by atoms with Crippen LogP contribution in [-0.4, -0.2) is 45.5 Å². The standard InChI is InChI=1S/C14H20N6O/c1-3-4-7-20-12-11(10-16-18(2)13(12)21)17-14(20)19-8-5-15-6-9-19/h3-4,10,15H,5-9H2,1-2H3. The van der Waals surface area contributed by atoms with Crippen LogP contribution in [0.2, 0.25) is 0 Å². The van der Waals surface area contributed by atoms with Gasteiger partial charge in [0.1, 0.15) is 11.0 Å². The van der Waals surface area contributed by atoms with Crippen molar-refractivity contribution >= 4 is 17.0 Å². The fourth-order valence-electron chi connectivity index (χ4n) is 2.61. The molecule has 3 rings (SSSR count). The lowest BCUT2D eigenvalue weighted by molar-refractivity contribution is 0.572. The van der Waals surface area contributed by atoms with Crippen molar-refractivity contribution in [3.63, 3.8) is 0 Å². The Kier molecular flexibility index (Phi) is 3.74. The highest BCUT2D eigenvalue weighted by Gasteiger charge is 2.20. The number of nitrogens with one attached hydrogen (secondary N) is 1. The van der Waals surface area contributed by atoms with Crippen LogP contribution in [0.4, 0.5) is 5.95 Å². The lowest BCUT2D eigenvalue weighted by Gasteiger charge is -2.28. The zero-order valence-electron chi connectivity index (χ0n) is 12.4. The van der Waals surface area contributed by atoms with E-state index in [1.54, 1.807) is 13.2 Å². The van der Waals surface area contributed by atoms with E-state index in [1.807, 2.05) is 23.6 Å². The minimum Gasteiger partial charge on any atom is -0.340 e.